The fraction of sp³-hybridized carbons (Fsp3) is 0.571. The van der Waals surface area contributed by atoms with Gasteiger partial charge >= 0.3 is 0 Å². The summed E-state index contributed by atoms with van der Waals surface area (Å²) in [5.74, 6) is -0.699. The zero-order valence-electron chi connectivity index (χ0n) is 10.6. The van der Waals surface area contributed by atoms with Crippen LogP contribution in [0.3, 0.4) is 0 Å². The lowest BCUT2D eigenvalue weighted by molar-refractivity contribution is 0.149. The largest absolute Gasteiger partial charge is 0.314 e. The van der Waals surface area contributed by atoms with Gasteiger partial charge in [0.2, 0.25) is 0 Å². The standard InChI is InChI=1S/C14H17ClF2N2/c15-10-3-4-11(16)12(13(10)17)14(9-1-2-9)19-7-5-18-6-8-19/h3-4,9,14,18H,1-2,5-8H2/t14-/m0/s1. The summed E-state index contributed by atoms with van der Waals surface area (Å²) in [6.07, 6.45) is 2.08. The maximum absolute atomic E-state index is 14.2. The smallest absolute Gasteiger partial charge is 0.149 e. The van der Waals surface area contributed by atoms with Crippen LogP contribution in [0.25, 0.3) is 0 Å². The van der Waals surface area contributed by atoms with Crippen LogP contribution in [0.2, 0.25) is 5.02 Å². The van der Waals surface area contributed by atoms with Gasteiger partial charge in [0.1, 0.15) is 11.6 Å². The summed E-state index contributed by atoms with van der Waals surface area (Å²) < 4.78 is 28.3. The predicted molar refractivity (Wildman–Crippen MR) is 71.3 cm³/mol. The Balaban J connectivity index is 1.97. The van der Waals surface area contributed by atoms with Gasteiger partial charge in [0.25, 0.3) is 0 Å². The summed E-state index contributed by atoms with van der Waals surface area (Å²) in [6.45, 7) is 3.39. The number of halogens is 3. The number of hydrogen-bond acceptors (Lipinski definition) is 2. The molecule has 1 aromatic carbocycles. The minimum absolute atomic E-state index is 0.0113. The van der Waals surface area contributed by atoms with Crippen LogP contribution in [-0.2, 0) is 0 Å². The fourth-order valence-corrected chi connectivity index (χ4v) is 3.07. The molecule has 19 heavy (non-hydrogen) atoms. The number of hydrogen-bond donors (Lipinski definition) is 1. The molecule has 1 heterocycles. The molecule has 1 saturated carbocycles. The molecule has 1 aliphatic heterocycles. The Hall–Kier alpha value is -0.710. The molecule has 0 amide bonds. The van der Waals surface area contributed by atoms with E-state index in [9.17, 15) is 8.78 Å². The minimum atomic E-state index is -0.586. The molecular formula is C14H17ClF2N2. The quantitative estimate of drug-likeness (QED) is 0.860. The third-order valence-corrected chi connectivity index (χ3v) is 4.28. The first kappa shape index (κ1) is 13.3. The molecule has 3 rings (SSSR count). The van der Waals surface area contributed by atoms with Crippen LogP contribution >= 0.6 is 11.6 Å². The Morgan fingerprint density at radius 3 is 2.53 bits per heavy atom. The molecule has 1 aliphatic carbocycles. The minimum Gasteiger partial charge on any atom is -0.314 e. The molecule has 0 radical (unpaired) electrons. The molecule has 0 bridgehead atoms. The van der Waals surface area contributed by atoms with E-state index in [0.717, 1.165) is 39.0 Å². The van der Waals surface area contributed by atoms with Crippen LogP contribution in [0.15, 0.2) is 12.1 Å². The SMILES string of the molecule is Fc1ccc(Cl)c(F)c1[C@H](C1CC1)N1CCNCC1. The van der Waals surface area contributed by atoms with Gasteiger partial charge in [-0.3, -0.25) is 4.90 Å². The molecule has 1 atom stereocenters. The number of benzene rings is 1. The van der Waals surface area contributed by atoms with Gasteiger partial charge in [-0.1, -0.05) is 11.6 Å². The van der Waals surface area contributed by atoms with Crippen LogP contribution < -0.4 is 5.32 Å². The fourth-order valence-electron chi connectivity index (χ4n) is 2.90. The monoisotopic (exact) mass is 286 g/mol. The number of nitrogens with one attached hydrogen (secondary N) is 1. The zero-order chi connectivity index (χ0) is 13.4. The van der Waals surface area contributed by atoms with Gasteiger partial charge in [0, 0.05) is 37.8 Å². The summed E-state index contributed by atoms with van der Waals surface area (Å²) in [7, 11) is 0. The second-order valence-electron chi connectivity index (χ2n) is 5.33. The third kappa shape index (κ3) is 2.62. The number of nitrogens with zero attached hydrogens (tertiary/aromatic N) is 1. The summed E-state index contributed by atoms with van der Waals surface area (Å²) >= 11 is 5.82. The molecule has 1 saturated heterocycles. The van der Waals surface area contributed by atoms with Crippen LogP contribution in [0.5, 0.6) is 0 Å². The maximum Gasteiger partial charge on any atom is 0.149 e. The van der Waals surface area contributed by atoms with Crippen molar-refractivity contribution in [2.24, 2.45) is 5.92 Å². The van der Waals surface area contributed by atoms with Crippen molar-refractivity contribution in [2.75, 3.05) is 26.2 Å². The highest BCUT2D eigenvalue weighted by Crippen LogP contribution is 2.46. The Kier molecular flexibility index (Phi) is 3.74. The molecule has 5 heteroatoms. The predicted octanol–water partition coefficient (Wildman–Crippen LogP) is 2.97. The van der Waals surface area contributed by atoms with Crippen molar-refractivity contribution >= 4 is 11.6 Å². The third-order valence-electron chi connectivity index (χ3n) is 3.99. The molecule has 0 unspecified atom stereocenters. The van der Waals surface area contributed by atoms with Crippen molar-refractivity contribution in [3.63, 3.8) is 0 Å². The van der Waals surface area contributed by atoms with Gasteiger partial charge in [-0.25, -0.2) is 8.78 Å². The van der Waals surface area contributed by atoms with E-state index >= 15 is 0 Å². The van der Waals surface area contributed by atoms with Gasteiger partial charge in [0.15, 0.2) is 0 Å². The lowest BCUT2D eigenvalue weighted by Crippen LogP contribution is -2.46. The second kappa shape index (κ2) is 5.35. The summed E-state index contributed by atoms with van der Waals surface area (Å²) in [6, 6.07) is 2.40. The number of rotatable bonds is 3. The van der Waals surface area contributed by atoms with E-state index in [2.05, 4.69) is 10.2 Å². The molecule has 1 aromatic rings. The lowest BCUT2D eigenvalue weighted by atomic mass is 9.98. The summed E-state index contributed by atoms with van der Waals surface area (Å²) in [5.41, 5.74) is 0.164. The van der Waals surface area contributed by atoms with Crippen molar-refractivity contribution < 1.29 is 8.78 Å². The highest BCUT2D eigenvalue weighted by Gasteiger charge is 2.40. The average molecular weight is 287 g/mol. The second-order valence-corrected chi connectivity index (χ2v) is 5.73. The molecule has 0 spiro atoms. The maximum atomic E-state index is 14.2. The van der Waals surface area contributed by atoms with Crippen molar-refractivity contribution in [2.45, 2.75) is 18.9 Å². The molecular weight excluding hydrogens is 270 g/mol. The summed E-state index contributed by atoms with van der Waals surface area (Å²) in [4.78, 5) is 2.19. The van der Waals surface area contributed by atoms with Gasteiger partial charge < -0.3 is 5.32 Å². The van der Waals surface area contributed by atoms with E-state index in [1.807, 2.05) is 0 Å². The molecule has 104 valence electrons. The first-order valence-electron chi connectivity index (χ1n) is 6.76. The van der Waals surface area contributed by atoms with E-state index in [0.29, 0.717) is 5.92 Å². The van der Waals surface area contributed by atoms with E-state index in [-0.39, 0.29) is 16.6 Å². The Morgan fingerprint density at radius 1 is 1.21 bits per heavy atom. The molecule has 0 aromatic heterocycles. The summed E-state index contributed by atoms with van der Waals surface area (Å²) in [5, 5.41) is 3.28. The van der Waals surface area contributed by atoms with Crippen LogP contribution in [-0.4, -0.2) is 31.1 Å². The molecule has 2 fully saturated rings. The highest BCUT2D eigenvalue weighted by molar-refractivity contribution is 6.30. The van der Waals surface area contributed by atoms with E-state index < -0.39 is 11.6 Å². The van der Waals surface area contributed by atoms with Crippen molar-refractivity contribution in [3.8, 4) is 0 Å². The van der Waals surface area contributed by atoms with Crippen LogP contribution in [0, 0.1) is 17.6 Å². The van der Waals surface area contributed by atoms with E-state index in [1.54, 1.807) is 0 Å². The van der Waals surface area contributed by atoms with Crippen LogP contribution in [0.1, 0.15) is 24.4 Å². The van der Waals surface area contributed by atoms with E-state index in [4.69, 9.17) is 11.6 Å². The van der Waals surface area contributed by atoms with Gasteiger partial charge in [-0.15, -0.1) is 0 Å². The van der Waals surface area contributed by atoms with E-state index in [1.165, 1.54) is 12.1 Å². The zero-order valence-corrected chi connectivity index (χ0v) is 11.4. The van der Waals surface area contributed by atoms with Gasteiger partial charge in [-0.2, -0.15) is 0 Å². The van der Waals surface area contributed by atoms with Crippen molar-refractivity contribution in [1.82, 2.24) is 10.2 Å². The lowest BCUT2D eigenvalue weighted by Gasteiger charge is -2.35. The molecule has 2 nitrogen and oxygen atoms in total. The van der Waals surface area contributed by atoms with Crippen molar-refractivity contribution in [1.29, 1.82) is 0 Å². The number of piperazine rings is 1. The Labute approximate surface area is 116 Å². The van der Waals surface area contributed by atoms with Crippen molar-refractivity contribution in [3.05, 3.63) is 34.4 Å². The average Bonchev–Trinajstić information content (AvgIpc) is 3.24. The molecule has 2 aliphatic rings. The van der Waals surface area contributed by atoms with Crippen LogP contribution in [0.4, 0.5) is 8.78 Å². The first-order chi connectivity index (χ1) is 9.18. The van der Waals surface area contributed by atoms with Gasteiger partial charge in [0.05, 0.1) is 5.02 Å². The molecule has 1 N–H and O–H groups in total. The normalized spacial score (nSPS) is 22.5. The topological polar surface area (TPSA) is 15.3 Å². The first-order valence-corrected chi connectivity index (χ1v) is 7.14. The Bertz CT molecular complexity index is 471. The highest BCUT2D eigenvalue weighted by atomic mass is 35.5. The Morgan fingerprint density at radius 2 is 1.89 bits per heavy atom. The van der Waals surface area contributed by atoms with Gasteiger partial charge in [-0.05, 0) is 30.9 Å².